The summed E-state index contributed by atoms with van der Waals surface area (Å²) in [6, 6.07) is 7.62. The van der Waals surface area contributed by atoms with Gasteiger partial charge in [-0.25, -0.2) is 4.98 Å². The number of hydrogen-bond donors (Lipinski definition) is 3. The number of aromatic nitrogens is 3. The van der Waals surface area contributed by atoms with E-state index in [0.717, 1.165) is 43.2 Å². The van der Waals surface area contributed by atoms with Crippen molar-refractivity contribution in [1.82, 2.24) is 20.5 Å². The fraction of sp³-hybridized carbons (Fsp3) is 0.308. The third kappa shape index (κ3) is 2.68. The van der Waals surface area contributed by atoms with Gasteiger partial charge in [0.2, 0.25) is 0 Å². The van der Waals surface area contributed by atoms with Crippen LogP contribution in [0.3, 0.4) is 0 Å². The fourth-order valence-electron chi connectivity index (χ4n) is 2.18. The lowest BCUT2D eigenvalue weighted by Gasteiger charge is -2.28. The molecule has 1 aliphatic rings. The van der Waals surface area contributed by atoms with E-state index in [0.29, 0.717) is 5.82 Å². The summed E-state index contributed by atoms with van der Waals surface area (Å²) in [4.78, 5) is 6.81. The molecule has 0 spiro atoms. The summed E-state index contributed by atoms with van der Waals surface area (Å²) < 4.78 is 0. The number of rotatable bonds is 3. The monoisotopic (exact) mass is 271 g/mol. The lowest BCUT2D eigenvalue weighted by atomic mass is 10.2. The molecule has 0 unspecified atom stereocenters. The number of piperazine rings is 1. The van der Waals surface area contributed by atoms with Gasteiger partial charge in [-0.15, -0.1) is 5.10 Å². The van der Waals surface area contributed by atoms with Gasteiger partial charge in [0.15, 0.2) is 11.6 Å². The first-order chi connectivity index (χ1) is 9.86. The molecule has 3 rings (SSSR count). The van der Waals surface area contributed by atoms with Gasteiger partial charge in [0.25, 0.3) is 0 Å². The predicted octanol–water partition coefficient (Wildman–Crippen LogP) is 0.234. The molecule has 4 N–H and O–H groups in total. The number of anilines is 2. The van der Waals surface area contributed by atoms with Gasteiger partial charge in [-0.05, 0) is 24.3 Å². The van der Waals surface area contributed by atoms with E-state index in [1.54, 1.807) is 6.20 Å². The number of nitrogen functional groups attached to an aromatic ring is 1. The summed E-state index contributed by atoms with van der Waals surface area (Å²) in [6.45, 7) is 3.81. The molecule has 1 aromatic heterocycles. The molecule has 0 aliphatic carbocycles. The number of nitrogens with one attached hydrogen (secondary N) is 2. The Morgan fingerprint density at radius 2 is 1.90 bits per heavy atom. The van der Waals surface area contributed by atoms with E-state index >= 15 is 0 Å². The van der Waals surface area contributed by atoms with E-state index in [-0.39, 0.29) is 0 Å². The second-order valence-electron chi connectivity index (χ2n) is 4.60. The van der Waals surface area contributed by atoms with Crippen molar-refractivity contribution in [3.8, 4) is 11.4 Å². The average Bonchev–Trinajstić information content (AvgIpc) is 2.56. The zero-order valence-electron chi connectivity index (χ0n) is 11.1. The molecule has 0 bridgehead atoms. The van der Waals surface area contributed by atoms with E-state index in [1.807, 2.05) is 24.3 Å². The van der Waals surface area contributed by atoms with Crippen LogP contribution in [0.2, 0.25) is 0 Å². The molecule has 2 aromatic rings. The molecule has 0 amide bonds. The normalized spacial score (nSPS) is 15.2. The van der Waals surface area contributed by atoms with Crippen molar-refractivity contribution in [2.75, 3.05) is 36.5 Å². The van der Waals surface area contributed by atoms with Crippen molar-refractivity contribution in [3.05, 3.63) is 30.5 Å². The Labute approximate surface area is 117 Å². The molecule has 2 heterocycles. The number of nitrogens with zero attached hydrogens (tertiary/aromatic N) is 4. The Balaban J connectivity index is 1.85. The van der Waals surface area contributed by atoms with Crippen molar-refractivity contribution in [3.63, 3.8) is 0 Å². The van der Waals surface area contributed by atoms with Crippen molar-refractivity contribution < 1.29 is 0 Å². The molecule has 104 valence electrons. The first-order valence-electron chi connectivity index (χ1n) is 6.59. The molecule has 1 fully saturated rings. The van der Waals surface area contributed by atoms with E-state index in [2.05, 4.69) is 30.8 Å². The van der Waals surface area contributed by atoms with Gasteiger partial charge in [-0.3, -0.25) is 5.84 Å². The average molecular weight is 271 g/mol. The standard InChI is InChI=1S/C13H17N7/c14-18-11-3-1-10(2-4-11)13-17-12(9-16-19-13)20-7-5-15-6-8-20/h1-4,9,15,18H,5-8,14H2. The highest BCUT2D eigenvalue weighted by Gasteiger charge is 2.13. The Morgan fingerprint density at radius 1 is 1.15 bits per heavy atom. The maximum absolute atomic E-state index is 5.35. The first kappa shape index (κ1) is 12.8. The van der Waals surface area contributed by atoms with Crippen LogP contribution in [-0.2, 0) is 0 Å². The summed E-state index contributed by atoms with van der Waals surface area (Å²) in [5.41, 5.74) is 4.37. The smallest absolute Gasteiger partial charge is 0.183 e. The topological polar surface area (TPSA) is 92.0 Å². The van der Waals surface area contributed by atoms with Gasteiger partial charge in [-0.1, -0.05) is 0 Å². The summed E-state index contributed by atoms with van der Waals surface area (Å²) in [5, 5.41) is 11.5. The van der Waals surface area contributed by atoms with E-state index in [1.165, 1.54) is 0 Å². The highest BCUT2D eigenvalue weighted by atomic mass is 15.3. The molecule has 0 atom stereocenters. The van der Waals surface area contributed by atoms with Crippen molar-refractivity contribution >= 4 is 11.5 Å². The number of nitrogens with two attached hydrogens (primary N) is 1. The lowest BCUT2D eigenvalue weighted by Crippen LogP contribution is -2.44. The van der Waals surface area contributed by atoms with Gasteiger partial charge in [-0.2, -0.15) is 5.10 Å². The van der Waals surface area contributed by atoms with Crippen LogP contribution >= 0.6 is 0 Å². The summed E-state index contributed by atoms with van der Waals surface area (Å²) in [5.74, 6) is 6.86. The Kier molecular flexibility index (Phi) is 3.71. The van der Waals surface area contributed by atoms with Gasteiger partial charge in [0, 0.05) is 37.4 Å². The second-order valence-corrected chi connectivity index (χ2v) is 4.60. The maximum atomic E-state index is 5.35. The van der Waals surface area contributed by atoms with Crippen molar-refractivity contribution in [2.45, 2.75) is 0 Å². The van der Waals surface area contributed by atoms with Crippen LogP contribution in [0.15, 0.2) is 30.5 Å². The van der Waals surface area contributed by atoms with Gasteiger partial charge in [0.1, 0.15) is 0 Å². The second kappa shape index (κ2) is 5.81. The van der Waals surface area contributed by atoms with Crippen LogP contribution in [0.5, 0.6) is 0 Å². The summed E-state index contributed by atoms with van der Waals surface area (Å²) >= 11 is 0. The van der Waals surface area contributed by atoms with Crippen LogP contribution in [0.25, 0.3) is 11.4 Å². The molecule has 0 saturated carbocycles. The first-order valence-corrected chi connectivity index (χ1v) is 6.59. The van der Waals surface area contributed by atoms with Gasteiger partial charge >= 0.3 is 0 Å². The van der Waals surface area contributed by atoms with Crippen molar-refractivity contribution in [2.24, 2.45) is 5.84 Å². The molecule has 1 aliphatic heterocycles. The third-order valence-electron chi connectivity index (χ3n) is 3.30. The van der Waals surface area contributed by atoms with E-state index < -0.39 is 0 Å². The highest BCUT2D eigenvalue weighted by molar-refractivity contribution is 5.60. The minimum atomic E-state index is 0.629. The van der Waals surface area contributed by atoms with Crippen LogP contribution in [0.1, 0.15) is 0 Å². The predicted molar refractivity (Wildman–Crippen MR) is 78.2 cm³/mol. The molecular formula is C13H17N7. The van der Waals surface area contributed by atoms with Crippen LogP contribution < -0.4 is 21.5 Å². The number of hydrogen-bond acceptors (Lipinski definition) is 7. The Bertz CT molecular complexity index is 563. The van der Waals surface area contributed by atoms with E-state index in [4.69, 9.17) is 5.84 Å². The molecule has 0 radical (unpaired) electrons. The molecule has 1 aromatic carbocycles. The number of hydrazine groups is 1. The quantitative estimate of drug-likeness (QED) is 0.544. The Morgan fingerprint density at radius 3 is 2.60 bits per heavy atom. The largest absolute Gasteiger partial charge is 0.353 e. The molecule has 7 nitrogen and oxygen atoms in total. The fourth-order valence-corrected chi connectivity index (χ4v) is 2.18. The van der Waals surface area contributed by atoms with Gasteiger partial charge < -0.3 is 15.6 Å². The minimum Gasteiger partial charge on any atom is -0.353 e. The lowest BCUT2D eigenvalue weighted by molar-refractivity contribution is 0.583. The zero-order valence-corrected chi connectivity index (χ0v) is 11.1. The molecule has 1 saturated heterocycles. The molecule has 7 heteroatoms. The zero-order chi connectivity index (χ0) is 13.8. The third-order valence-corrected chi connectivity index (χ3v) is 3.30. The van der Waals surface area contributed by atoms with Crippen LogP contribution in [0.4, 0.5) is 11.5 Å². The van der Waals surface area contributed by atoms with Crippen LogP contribution in [0, 0.1) is 0 Å². The summed E-state index contributed by atoms with van der Waals surface area (Å²) in [6.07, 6.45) is 1.71. The minimum absolute atomic E-state index is 0.629. The molecular weight excluding hydrogens is 254 g/mol. The maximum Gasteiger partial charge on any atom is 0.183 e. The SMILES string of the molecule is NNc1ccc(-c2nncc(N3CCNCC3)n2)cc1. The summed E-state index contributed by atoms with van der Waals surface area (Å²) in [7, 11) is 0. The Hall–Kier alpha value is -2.25. The highest BCUT2D eigenvalue weighted by Crippen LogP contribution is 2.19. The van der Waals surface area contributed by atoms with Gasteiger partial charge in [0.05, 0.1) is 6.20 Å². The number of benzene rings is 1. The van der Waals surface area contributed by atoms with Crippen molar-refractivity contribution in [1.29, 1.82) is 0 Å². The van der Waals surface area contributed by atoms with Crippen LogP contribution in [-0.4, -0.2) is 41.4 Å². The van der Waals surface area contributed by atoms with E-state index in [9.17, 15) is 0 Å². The molecule has 20 heavy (non-hydrogen) atoms.